The minimum absolute atomic E-state index is 0.153. The van der Waals surface area contributed by atoms with Gasteiger partial charge in [-0.2, -0.15) is 0 Å². The largest absolute Gasteiger partial charge is 0.330 e. The van der Waals surface area contributed by atoms with Crippen molar-refractivity contribution in [1.82, 2.24) is 14.7 Å². The van der Waals surface area contributed by atoms with E-state index >= 15 is 0 Å². The molecule has 1 aliphatic rings. The molecule has 6 heteroatoms. The summed E-state index contributed by atoms with van der Waals surface area (Å²) in [4.78, 5) is 28.8. The predicted octanol–water partition coefficient (Wildman–Crippen LogP) is -0.569. The normalized spacial score (nSPS) is 25.0. The van der Waals surface area contributed by atoms with E-state index in [-0.39, 0.29) is 5.54 Å². The van der Waals surface area contributed by atoms with Crippen LogP contribution in [0.15, 0.2) is 0 Å². The predicted molar refractivity (Wildman–Crippen MR) is 84.3 cm³/mol. The molecule has 1 fully saturated rings. The van der Waals surface area contributed by atoms with Crippen molar-refractivity contribution in [1.29, 1.82) is 0 Å². The van der Waals surface area contributed by atoms with Crippen LogP contribution >= 0.6 is 0 Å². The third kappa shape index (κ3) is 4.85. The highest BCUT2D eigenvalue weighted by molar-refractivity contribution is 5.53. The van der Waals surface area contributed by atoms with Crippen molar-refractivity contribution in [2.24, 2.45) is 5.73 Å². The van der Waals surface area contributed by atoms with Gasteiger partial charge in [0.15, 0.2) is 0 Å². The van der Waals surface area contributed by atoms with Crippen molar-refractivity contribution in [2.75, 3.05) is 58.9 Å². The maximum Gasteiger partial charge on any atom is 0.134 e. The number of hydrogen-bond donors (Lipinski definition) is 1. The number of nitrogens with zero attached hydrogens (tertiary/aromatic N) is 3. The van der Waals surface area contributed by atoms with Gasteiger partial charge in [0, 0.05) is 31.7 Å². The first-order chi connectivity index (χ1) is 10.2. The van der Waals surface area contributed by atoms with Gasteiger partial charge in [0.25, 0.3) is 0 Å². The van der Waals surface area contributed by atoms with Gasteiger partial charge in [-0.15, -0.1) is 0 Å². The van der Waals surface area contributed by atoms with Gasteiger partial charge < -0.3 is 20.2 Å². The summed E-state index contributed by atoms with van der Waals surface area (Å²) in [6.07, 6.45) is 2.76. The Morgan fingerprint density at radius 1 is 1.14 bits per heavy atom. The van der Waals surface area contributed by atoms with Gasteiger partial charge in [-0.1, -0.05) is 13.8 Å². The number of aldehydes is 2. The fourth-order valence-corrected chi connectivity index (χ4v) is 3.39. The second kappa shape index (κ2) is 9.25. The van der Waals surface area contributed by atoms with Crippen LogP contribution in [0.1, 0.15) is 20.3 Å². The van der Waals surface area contributed by atoms with E-state index < -0.39 is 0 Å². The fourth-order valence-electron chi connectivity index (χ4n) is 3.39. The highest BCUT2D eigenvalue weighted by Crippen LogP contribution is 2.25. The summed E-state index contributed by atoms with van der Waals surface area (Å²) in [5.74, 6) is 0. The van der Waals surface area contributed by atoms with Crippen molar-refractivity contribution < 1.29 is 9.59 Å². The van der Waals surface area contributed by atoms with Crippen LogP contribution in [-0.4, -0.2) is 91.7 Å². The van der Waals surface area contributed by atoms with Crippen LogP contribution in [0.3, 0.4) is 0 Å². The third-order valence-electron chi connectivity index (χ3n) is 4.51. The SMILES string of the molecule is CCN1CCN(CC=O)CC(CCN)(N(CC)CC=O)C1. The average Bonchev–Trinajstić information content (AvgIpc) is 2.66. The Morgan fingerprint density at radius 3 is 2.33 bits per heavy atom. The van der Waals surface area contributed by atoms with Gasteiger partial charge in [-0.25, -0.2) is 0 Å². The summed E-state index contributed by atoms with van der Waals surface area (Å²) in [6.45, 7) is 11.0. The van der Waals surface area contributed by atoms with Crippen molar-refractivity contribution in [2.45, 2.75) is 25.8 Å². The number of likely N-dealkylation sites (N-methyl/N-ethyl adjacent to an activating group) is 2. The molecule has 0 aromatic rings. The van der Waals surface area contributed by atoms with Crippen LogP contribution in [0, 0.1) is 0 Å². The lowest BCUT2D eigenvalue weighted by Crippen LogP contribution is -2.60. The van der Waals surface area contributed by atoms with E-state index in [0.717, 1.165) is 58.3 Å². The zero-order valence-electron chi connectivity index (χ0n) is 13.5. The molecule has 0 saturated carbocycles. The van der Waals surface area contributed by atoms with Crippen molar-refractivity contribution in [3.05, 3.63) is 0 Å². The molecule has 6 nitrogen and oxygen atoms in total. The molecule has 1 aliphatic heterocycles. The summed E-state index contributed by atoms with van der Waals surface area (Å²) < 4.78 is 0. The lowest BCUT2D eigenvalue weighted by atomic mass is 9.91. The molecular weight excluding hydrogens is 268 g/mol. The smallest absolute Gasteiger partial charge is 0.134 e. The Labute approximate surface area is 128 Å². The lowest BCUT2D eigenvalue weighted by molar-refractivity contribution is -0.112. The van der Waals surface area contributed by atoms with E-state index in [2.05, 4.69) is 28.5 Å². The molecule has 1 atom stereocenters. The number of nitrogens with two attached hydrogens (primary N) is 1. The zero-order chi connectivity index (χ0) is 15.7. The minimum Gasteiger partial charge on any atom is -0.330 e. The quantitative estimate of drug-likeness (QED) is 0.575. The summed E-state index contributed by atoms with van der Waals surface area (Å²) in [7, 11) is 0. The van der Waals surface area contributed by atoms with E-state index in [9.17, 15) is 9.59 Å². The molecule has 0 aromatic carbocycles. The minimum atomic E-state index is -0.153. The number of carbonyl (C=O) groups is 2. The van der Waals surface area contributed by atoms with Crippen LogP contribution in [0.5, 0.6) is 0 Å². The first-order valence-corrected chi connectivity index (χ1v) is 7.92. The molecule has 0 amide bonds. The Kier molecular flexibility index (Phi) is 8.03. The Bertz CT molecular complexity index is 327. The Balaban J connectivity index is 3.06. The first kappa shape index (κ1) is 18.2. The monoisotopic (exact) mass is 298 g/mol. The summed E-state index contributed by atoms with van der Waals surface area (Å²) in [5.41, 5.74) is 5.72. The highest BCUT2D eigenvalue weighted by Gasteiger charge is 2.40. The van der Waals surface area contributed by atoms with Crippen molar-refractivity contribution in [3.8, 4) is 0 Å². The average molecular weight is 298 g/mol. The molecular formula is C15H30N4O2. The molecule has 0 aromatic heterocycles. The van der Waals surface area contributed by atoms with Gasteiger partial charge in [0.05, 0.1) is 13.1 Å². The molecule has 0 aliphatic carbocycles. The number of rotatable bonds is 9. The first-order valence-electron chi connectivity index (χ1n) is 7.92. The maximum absolute atomic E-state index is 11.1. The lowest BCUT2D eigenvalue weighted by Gasteiger charge is -2.45. The molecule has 0 bridgehead atoms. The van der Waals surface area contributed by atoms with Crippen LogP contribution < -0.4 is 5.73 Å². The van der Waals surface area contributed by atoms with Gasteiger partial charge in [-0.3, -0.25) is 9.80 Å². The summed E-state index contributed by atoms with van der Waals surface area (Å²) in [5, 5.41) is 0. The van der Waals surface area contributed by atoms with E-state index in [1.165, 1.54) is 0 Å². The number of hydrogen-bond acceptors (Lipinski definition) is 6. The van der Waals surface area contributed by atoms with E-state index in [1.807, 2.05) is 0 Å². The van der Waals surface area contributed by atoms with Crippen molar-refractivity contribution in [3.63, 3.8) is 0 Å². The third-order valence-corrected chi connectivity index (χ3v) is 4.51. The van der Waals surface area contributed by atoms with Gasteiger partial charge in [-0.05, 0) is 26.1 Å². The van der Waals surface area contributed by atoms with Gasteiger partial charge in [0.2, 0.25) is 0 Å². The fraction of sp³-hybridized carbons (Fsp3) is 0.867. The molecule has 0 spiro atoms. The van der Waals surface area contributed by atoms with Crippen LogP contribution in [0.4, 0.5) is 0 Å². The molecule has 1 saturated heterocycles. The Morgan fingerprint density at radius 2 is 1.81 bits per heavy atom. The zero-order valence-corrected chi connectivity index (χ0v) is 13.5. The van der Waals surface area contributed by atoms with Gasteiger partial charge in [0.1, 0.15) is 12.6 Å². The second-order valence-electron chi connectivity index (χ2n) is 5.74. The van der Waals surface area contributed by atoms with Crippen LogP contribution in [0.2, 0.25) is 0 Å². The standard InChI is InChI=1S/C15H30N4O2/c1-3-17-7-8-18(9-11-20)14-15(13-17,5-6-16)19(4-2)10-12-21/h11-12H,3-10,13-14,16H2,1-2H3. The molecule has 1 unspecified atom stereocenters. The molecule has 1 rings (SSSR count). The maximum atomic E-state index is 11.1. The van der Waals surface area contributed by atoms with Crippen LogP contribution in [0.25, 0.3) is 0 Å². The summed E-state index contributed by atoms with van der Waals surface area (Å²) in [6, 6.07) is 0. The Hall–Kier alpha value is -0.820. The van der Waals surface area contributed by atoms with Crippen LogP contribution in [-0.2, 0) is 9.59 Å². The second-order valence-corrected chi connectivity index (χ2v) is 5.74. The molecule has 2 N–H and O–H groups in total. The summed E-state index contributed by atoms with van der Waals surface area (Å²) >= 11 is 0. The molecule has 122 valence electrons. The number of carbonyl (C=O) groups excluding carboxylic acids is 2. The van der Waals surface area contributed by atoms with E-state index in [0.29, 0.717) is 19.6 Å². The molecule has 0 radical (unpaired) electrons. The van der Waals surface area contributed by atoms with E-state index in [1.54, 1.807) is 0 Å². The molecule has 21 heavy (non-hydrogen) atoms. The van der Waals surface area contributed by atoms with Gasteiger partial charge >= 0.3 is 0 Å². The van der Waals surface area contributed by atoms with E-state index in [4.69, 9.17) is 5.73 Å². The van der Waals surface area contributed by atoms with Crippen molar-refractivity contribution >= 4 is 12.6 Å². The highest BCUT2D eigenvalue weighted by atomic mass is 16.1. The topological polar surface area (TPSA) is 69.9 Å². The molecule has 1 heterocycles.